The number of hydrogen-bond donors (Lipinski definition) is 1. The lowest BCUT2D eigenvalue weighted by Crippen LogP contribution is -2.39. The first-order valence-electron chi connectivity index (χ1n) is 7.69. The van der Waals surface area contributed by atoms with E-state index in [0.717, 1.165) is 49.5 Å². The first-order valence-corrected chi connectivity index (χ1v) is 7.69. The standard InChI is InChI=1S/C16H22N2O3/c1-12(16(19)18-7-2-3-8-18)17-13-5-6-14-15(11-13)21-10-4-9-20-14/h5-6,11-12,17H,2-4,7-10H2,1H3/t12-/m1/s1. The number of carbonyl (C=O) groups excluding carboxylic acids is 1. The molecule has 0 unspecified atom stereocenters. The van der Waals surface area contributed by atoms with E-state index in [1.165, 1.54) is 0 Å². The quantitative estimate of drug-likeness (QED) is 0.928. The van der Waals surface area contributed by atoms with Crippen LogP contribution < -0.4 is 14.8 Å². The second-order valence-corrected chi connectivity index (χ2v) is 5.61. The molecule has 5 nitrogen and oxygen atoms in total. The van der Waals surface area contributed by atoms with Crippen LogP contribution in [0, 0.1) is 0 Å². The number of amides is 1. The number of nitrogens with zero attached hydrogens (tertiary/aromatic N) is 1. The van der Waals surface area contributed by atoms with Crippen molar-refractivity contribution in [1.82, 2.24) is 4.90 Å². The van der Waals surface area contributed by atoms with Crippen molar-refractivity contribution in [3.63, 3.8) is 0 Å². The number of hydrogen-bond acceptors (Lipinski definition) is 4. The lowest BCUT2D eigenvalue weighted by Gasteiger charge is -2.22. The predicted molar refractivity (Wildman–Crippen MR) is 80.9 cm³/mol. The molecule has 1 saturated heterocycles. The summed E-state index contributed by atoms with van der Waals surface area (Å²) in [6.45, 7) is 5.02. The molecule has 2 aliphatic heterocycles. The first-order chi connectivity index (χ1) is 10.2. The topological polar surface area (TPSA) is 50.8 Å². The minimum absolute atomic E-state index is 0.166. The van der Waals surface area contributed by atoms with Gasteiger partial charge in [0, 0.05) is 31.3 Å². The van der Waals surface area contributed by atoms with E-state index in [0.29, 0.717) is 13.2 Å². The van der Waals surface area contributed by atoms with Gasteiger partial charge in [-0.15, -0.1) is 0 Å². The van der Waals surface area contributed by atoms with E-state index >= 15 is 0 Å². The van der Waals surface area contributed by atoms with Crippen molar-refractivity contribution in [2.75, 3.05) is 31.6 Å². The van der Waals surface area contributed by atoms with Crippen LogP contribution in [0.3, 0.4) is 0 Å². The molecule has 2 aliphatic rings. The van der Waals surface area contributed by atoms with Crippen molar-refractivity contribution in [3.8, 4) is 11.5 Å². The van der Waals surface area contributed by atoms with Gasteiger partial charge in [0.2, 0.25) is 5.91 Å². The van der Waals surface area contributed by atoms with Crippen LogP contribution in [0.1, 0.15) is 26.2 Å². The molecule has 1 aromatic carbocycles. The fourth-order valence-electron chi connectivity index (χ4n) is 2.78. The Labute approximate surface area is 125 Å². The van der Waals surface area contributed by atoms with Gasteiger partial charge >= 0.3 is 0 Å². The van der Waals surface area contributed by atoms with E-state index in [-0.39, 0.29) is 11.9 Å². The third-order valence-corrected chi connectivity index (χ3v) is 3.92. The number of nitrogens with one attached hydrogen (secondary N) is 1. The van der Waals surface area contributed by atoms with Crippen molar-refractivity contribution in [3.05, 3.63) is 18.2 Å². The molecule has 1 amide bonds. The summed E-state index contributed by atoms with van der Waals surface area (Å²) in [5.74, 6) is 1.69. The van der Waals surface area contributed by atoms with E-state index < -0.39 is 0 Å². The van der Waals surface area contributed by atoms with Gasteiger partial charge in [0.05, 0.1) is 13.2 Å². The van der Waals surface area contributed by atoms with E-state index in [4.69, 9.17) is 9.47 Å². The summed E-state index contributed by atoms with van der Waals surface area (Å²) < 4.78 is 11.3. The number of ether oxygens (including phenoxy) is 2. The van der Waals surface area contributed by atoms with Gasteiger partial charge in [-0.2, -0.15) is 0 Å². The molecule has 2 heterocycles. The summed E-state index contributed by atoms with van der Waals surface area (Å²) in [5.41, 5.74) is 0.888. The smallest absolute Gasteiger partial charge is 0.244 e. The van der Waals surface area contributed by atoms with Crippen LogP contribution >= 0.6 is 0 Å². The van der Waals surface area contributed by atoms with Crippen LogP contribution in [-0.4, -0.2) is 43.2 Å². The van der Waals surface area contributed by atoms with Gasteiger partial charge in [0.15, 0.2) is 11.5 Å². The van der Waals surface area contributed by atoms with Crippen LogP contribution in [0.2, 0.25) is 0 Å². The number of anilines is 1. The van der Waals surface area contributed by atoms with Crippen LogP contribution in [0.4, 0.5) is 5.69 Å². The predicted octanol–water partition coefficient (Wildman–Crippen LogP) is 2.27. The van der Waals surface area contributed by atoms with Crippen molar-refractivity contribution < 1.29 is 14.3 Å². The Kier molecular flexibility index (Phi) is 4.18. The number of rotatable bonds is 3. The van der Waals surface area contributed by atoms with Gasteiger partial charge in [-0.05, 0) is 31.9 Å². The highest BCUT2D eigenvalue weighted by atomic mass is 16.5. The average Bonchev–Trinajstić information content (AvgIpc) is 2.92. The van der Waals surface area contributed by atoms with Crippen molar-refractivity contribution in [2.45, 2.75) is 32.2 Å². The summed E-state index contributed by atoms with van der Waals surface area (Å²) >= 11 is 0. The Bertz CT molecular complexity index is 512. The maximum Gasteiger partial charge on any atom is 0.244 e. The molecular weight excluding hydrogens is 268 g/mol. The SMILES string of the molecule is C[C@@H](Nc1ccc2c(c1)OCCCO2)C(=O)N1CCCC1. The highest BCUT2D eigenvalue weighted by Crippen LogP contribution is 2.32. The summed E-state index contributed by atoms with van der Waals surface area (Å²) in [4.78, 5) is 14.2. The monoisotopic (exact) mass is 290 g/mol. The summed E-state index contributed by atoms with van der Waals surface area (Å²) in [6.07, 6.45) is 3.12. The van der Waals surface area contributed by atoms with Gasteiger partial charge in [-0.25, -0.2) is 0 Å². The fourth-order valence-corrected chi connectivity index (χ4v) is 2.78. The van der Waals surface area contributed by atoms with E-state index in [2.05, 4.69) is 5.32 Å². The fraction of sp³-hybridized carbons (Fsp3) is 0.562. The van der Waals surface area contributed by atoms with Crippen molar-refractivity contribution in [1.29, 1.82) is 0 Å². The van der Waals surface area contributed by atoms with E-state index in [1.807, 2.05) is 30.0 Å². The third-order valence-electron chi connectivity index (χ3n) is 3.92. The number of fused-ring (bicyclic) bond motifs is 1. The molecule has 0 aromatic heterocycles. The lowest BCUT2D eigenvalue weighted by atomic mass is 10.2. The Morgan fingerprint density at radius 2 is 1.86 bits per heavy atom. The summed E-state index contributed by atoms with van der Waals surface area (Å²) in [5, 5.41) is 3.26. The van der Waals surface area contributed by atoms with Gasteiger partial charge in [0.1, 0.15) is 6.04 Å². The molecule has 114 valence electrons. The minimum atomic E-state index is -0.229. The summed E-state index contributed by atoms with van der Waals surface area (Å²) in [7, 11) is 0. The number of carbonyl (C=O) groups is 1. The minimum Gasteiger partial charge on any atom is -0.490 e. The van der Waals surface area contributed by atoms with Crippen molar-refractivity contribution >= 4 is 11.6 Å². The molecule has 5 heteroatoms. The van der Waals surface area contributed by atoms with Gasteiger partial charge in [0.25, 0.3) is 0 Å². The molecule has 1 N–H and O–H groups in total. The van der Waals surface area contributed by atoms with Crippen LogP contribution in [0.5, 0.6) is 11.5 Å². The number of benzene rings is 1. The van der Waals surface area contributed by atoms with Crippen LogP contribution in [0.25, 0.3) is 0 Å². The Morgan fingerprint density at radius 3 is 2.62 bits per heavy atom. The maximum absolute atomic E-state index is 12.3. The maximum atomic E-state index is 12.3. The molecule has 21 heavy (non-hydrogen) atoms. The molecule has 3 rings (SSSR count). The highest BCUT2D eigenvalue weighted by molar-refractivity contribution is 5.84. The van der Waals surface area contributed by atoms with Crippen molar-refractivity contribution in [2.24, 2.45) is 0 Å². The Balaban J connectivity index is 1.66. The molecule has 1 atom stereocenters. The van der Waals surface area contributed by atoms with Gasteiger partial charge in [-0.3, -0.25) is 4.79 Å². The largest absolute Gasteiger partial charge is 0.490 e. The second kappa shape index (κ2) is 6.24. The normalized spacial score (nSPS) is 19.0. The lowest BCUT2D eigenvalue weighted by molar-refractivity contribution is -0.130. The van der Waals surface area contributed by atoms with Crippen LogP contribution in [0.15, 0.2) is 18.2 Å². The molecule has 1 fully saturated rings. The molecule has 0 spiro atoms. The molecule has 1 aromatic rings. The zero-order valence-electron chi connectivity index (χ0n) is 12.4. The zero-order chi connectivity index (χ0) is 14.7. The van der Waals surface area contributed by atoms with Crippen LogP contribution in [-0.2, 0) is 4.79 Å². The molecular formula is C16H22N2O3. The molecule has 0 aliphatic carbocycles. The molecule has 0 saturated carbocycles. The number of likely N-dealkylation sites (tertiary alicyclic amines) is 1. The average molecular weight is 290 g/mol. The second-order valence-electron chi connectivity index (χ2n) is 5.61. The van der Waals surface area contributed by atoms with E-state index in [1.54, 1.807) is 0 Å². The molecule has 0 radical (unpaired) electrons. The highest BCUT2D eigenvalue weighted by Gasteiger charge is 2.23. The third kappa shape index (κ3) is 3.23. The molecule has 0 bridgehead atoms. The van der Waals surface area contributed by atoms with Gasteiger partial charge in [-0.1, -0.05) is 0 Å². The van der Waals surface area contributed by atoms with Gasteiger partial charge < -0.3 is 19.7 Å². The first kappa shape index (κ1) is 14.0. The van der Waals surface area contributed by atoms with E-state index in [9.17, 15) is 4.79 Å². The summed E-state index contributed by atoms with van der Waals surface area (Å²) in [6, 6.07) is 5.51. The zero-order valence-corrected chi connectivity index (χ0v) is 12.4. The Hall–Kier alpha value is -1.91. The Morgan fingerprint density at radius 1 is 1.14 bits per heavy atom.